The molecule has 1 amide bonds. The Balaban J connectivity index is 1.86. The number of nitrogens with zero attached hydrogens (tertiary/aromatic N) is 2. The average Bonchev–Trinajstić information content (AvgIpc) is 3.22. The Morgan fingerprint density at radius 1 is 1.28 bits per heavy atom. The van der Waals surface area contributed by atoms with Gasteiger partial charge in [-0.1, -0.05) is 0 Å². The molecule has 2 N–H and O–H groups in total. The van der Waals surface area contributed by atoms with E-state index in [2.05, 4.69) is 10.3 Å². The van der Waals surface area contributed by atoms with E-state index in [1.807, 2.05) is 4.90 Å². The fourth-order valence-corrected chi connectivity index (χ4v) is 3.00. The van der Waals surface area contributed by atoms with Crippen LogP contribution in [0.1, 0.15) is 35.7 Å². The minimum absolute atomic E-state index is 0.187. The van der Waals surface area contributed by atoms with Gasteiger partial charge < -0.3 is 20.1 Å². The van der Waals surface area contributed by atoms with Gasteiger partial charge in [0.25, 0.3) is 5.91 Å². The molecule has 1 fully saturated rings. The van der Waals surface area contributed by atoms with E-state index >= 15 is 0 Å². The smallest absolute Gasteiger partial charge is 0.416 e. The zero-order valence-corrected chi connectivity index (χ0v) is 15.9. The third-order valence-corrected chi connectivity index (χ3v) is 4.59. The van der Waals surface area contributed by atoms with Gasteiger partial charge in [-0.3, -0.25) is 4.79 Å². The van der Waals surface area contributed by atoms with Crippen LogP contribution in [-0.2, 0) is 6.18 Å². The lowest BCUT2D eigenvalue weighted by molar-refractivity contribution is -0.137. The number of carbonyl (C=O) groups excluding carboxylic acids is 1. The van der Waals surface area contributed by atoms with Crippen molar-refractivity contribution in [2.75, 3.05) is 24.6 Å². The first kappa shape index (κ1) is 20.9. The highest BCUT2D eigenvalue weighted by Gasteiger charge is 2.30. The van der Waals surface area contributed by atoms with Crippen LogP contribution in [0.3, 0.4) is 0 Å². The van der Waals surface area contributed by atoms with Gasteiger partial charge in [0, 0.05) is 25.3 Å². The molecule has 0 aliphatic carbocycles. The van der Waals surface area contributed by atoms with Crippen molar-refractivity contribution >= 4 is 11.6 Å². The van der Waals surface area contributed by atoms with Gasteiger partial charge in [0.05, 0.1) is 17.7 Å². The number of aliphatic hydroxyl groups is 1. The Morgan fingerprint density at radius 2 is 1.93 bits per heavy atom. The molecule has 29 heavy (non-hydrogen) atoms. The van der Waals surface area contributed by atoms with E-state index in [0.29, 0.717) is 11.3 Å². The summed E-state index contributed by atoms with van der Waals surface area (Å²) in [4.78, 5) is 18.6. The van der Waals surface area contributed by atoms with Gasteiger partial charge >= 0.3 is 6.18 Å². The average molecular weight is 409 g/mol. The lowest BCUT2D eigenvalue weighted by atomic mass is 10.2. The molecule has 1 aromatic heterocycles. The fourth-order valence-electron chi connectivity index (χ4n) is 3.00. The van der Waals surface area contributed by atoms with Crippen LogP contribution in [0.15, 0.2) is 36.5 Å². The zero-order valence-electron chi connectivity index (χ0n) is 15.9. The number of hydrogen-bond donors (Lipinski definition) is 2. The number of pyridine rings is 1. The van der Waals surface area contributed by atoms with Crippen molar-refractivity contribution in [2.45, 2.75) is 32.0 Å². The van der Waals surface area contributed by atoms with Crippen molar-refractivity contribution in [3.63, 3.8) is 0 Å². The molecule has 0 saturated carbocycles. The molecule has 6 nitrogen and oxygen atoms in total. The molecule has 1 aliphatic heterocycles. The summed E-state index contributed by atoms with van der Waals surface area (Å²) in [7, 11) is 0. The van der Waals surface area contributed by atoms with Crippen LogP contribution in [0.2, 0.25) is 0 Å². The number of alkyl halides is 3. The standard InChI is InChI=1S/C20H22F3N3O3/c1-13(12-27)25-18(28)14-10-17(26-8-2-3-9-26)19(24-11-14)29-16-6-4-15(5-7-16)20(21,22)23/h4-7,10-11,13,27H,2-3,8-9,12H2,1H3,(H,25,28)/t13-/m1/s1. The number of benzene rings is 1. The molecule has 1 saturated heterocycles. The molecule has 1 atom stereocenters. The number of halogens is 3. The summed E-state index contributed by atoms with van der Waals surface area (Å²) >= 11 is 0. The molecule has 2 heterocycles. The lowest BCUT2D eigenvalue weighted by Gasteiger charge is -2.21. The van der Waals surface area contributed by atoms with Crippen LogP contribution in [0.25, 0.3) is 0 Å². The summed E-state index contributed by atoms with van der Waals surface area (Å²) in [5.74, 6) is 0.0658. The molecule has 0 unspecified atom stereocenters. The molecule has 0 bridgehead atoms. The van der Waals surface area contributed by atoms with E-state index in [1.165, 1.54) is 18.3 Å². The first-order valence-corrected chi connectivity index (χ1v) is 9.30. The van der Waals surface area contributed by atoms with E-state index in [4.69, 9.17) is 9.84 Å². The fraction of sp³-hybridized carbons (Fsp3) is 0.400. The second kappa shape index (κ2) is 8.69. The van der Waals surface area contributed by atoms with Crippen molar-refractivity contribution in [1.29, 1.82) is 0 Å². The number of aliphatic hydroxyl groups excluding tert-OH is 1. The molecule has 0 radical (unpaired) electrons. The highest BCUT2D eigenvalue weighted by atomic mass is 19.4. The van der Waals surface area contributed by atoms with Gasteiger partial charge in [-0.05, 0) is 50.1 Å². The Bertz CT molecular complexity index is 850. The maximum absolute atomic E-state index is 12.7. The molecule has 3 rings (SSSR count). The molecule has 9 heteroatoms. The summed E-state index contributed by atoms with van der Waals surface area (Å²) in [5.41, 5.74) is 0.154. The lowest BCUT2D eigenvalue weighted by Crippen LogP contribution is -2.35. The van der Waals surface area contributed by atoms with E-state index < -0.39 is 17.8 Å². The third kappa shape index (κ3) is 5.17. The number of ether oxygens (including phenoxy) is 1. The maximum Gasteiger partial charge on any atom is 0.416 e. The normalized spacial score (nSPS) is 15.3. The Hall–Kier alpha value is -2.81. The summed E-state index contributed by atoms with van der Waals surface area (Å²) in [6, 6.07) is 5.62. The van der Waals surface area contributed by atoms with Crippen molar-refractivity contribution in [2.24, 2.45) is 0 Å². The monoisotopic (exact) mass is 409 g/mol. The number of amides is 1. The molecule has 1 aromatic carbocycles. The van der Waals surface area contributed by atoms with Crippen molar-refractivity contribution in [3.8, 4) is 11.6 Å². The molecule has 156 valence electrons. The summed E-state index contributed by atoms with van der Waals surface area (Å²) in [6.07, 6.45) is -1.11. The van der Waals surface area contributed by atoms with Crippen molar-refractivity contribution < 1.29 is 27.8 Å². The SMILES string of the molecule is C[C@H](CO)NC(=O)c1cnc(Oc2ccc(C(F)(F)F)cc2)c(N2CCCC2)c1. The van der Waals surface area contributed by atoms with E-state index in [9.17, 15) is 18.0 Å². The van der Waals surface area contributed by atoms with Crippen LogP contribution in [0.4, 0.5) is 18.9 Å². The van der Waals surface area contributed by atoms with E-state index in [-0.39, 0.29) is 24.1 Å². The largest absolute Gasteiger partial charge is 0.437 e. The highest BCUT2D eigenvalue weighted by Crippen LogP contribution is 2.35. The van der Waals surface area contributed by atoms with Crippen LogP contribution in [0, 0.1) is 0 Å². The number of nitrogens with one attached hydrogen (secondary N) is 1. The molecule has 2 aromatic rings. The third-order valence-electron chi connectivity index (χ3n) is 4.59. The highest BCUT2D eigenvalue weighted by molar-refractivity contribution is 5.95. The van der Waals surface area contributed by atoms with Crippen LogP contribution >= 0.6 is 0 Å². The molecular weight excluding hydrogens is 387 g/mol. The Labute approximate surface area is 166 Å². The van der Waals surface area contributed by atoms with Gasteiger partial charge in [-0.25, -0.2) is 4.98 Å². The first-order chi connectivity index (χ1) is 13.8. The molecule has 0 spiro atoms. The van der Waals surface area contributed by atoms with Crippen LogP contribution < -0.4 is 15.0 Å². The molecule has 1 aliphatic rings. The van der Waals surface area contributed by atoms with Gasteiger partial charge in [-0.2, -0.15) is 13.2 Å². The predicted octanol–water partition coefficient (Wildman–Crippen LogP) is 3.60. The number of hydrogen-bond acceptors (Lipinski definition) is 5. The van der Waals surface area contributed by atoms with E-state index in [1.54, 1.807) is 13.0 Å². The second-order valence-corrected chi connectivity index (χ2v) is 6.92. The van der Waals surface area contributed by atoms with Crippen molar-refractivity contribution in [1.82, 2.24) is 10.3 Å². The maximum atomic E-state index is 12.7. The number of carbonyl (C=O) groups is 1. The minimum Gasteiger partial charge on any atom is -0.437 e. The topological polar surface area (TPSA) is 74.7 Å². The quantitative estimate of drug-likeness (QED) is 0.763. The zero-order chi connectivity index (χ0) is 21.0. The van der Waals surface area contributed by atoms with Gasteiger partial charge in [-0.15, -0.1) is 0 Å². The van der Waals surface area contributed by atoms with Crippen LogP contribution in [-0.4, -0.2) is 41.7 Å². The number of aromatic nitrogens is 1. The summed E-state index contributed by atoms with van der Waals surface area (Å²) < 4.78 is 43.9. The second-order valence-electron chi connectivity index (χ2n) is 6.92. The number of rotatable bonds is 6. The predicted molar refractivity (Wildman–Crippen MR) is 101 cm³/mol. The Morgan fingerprint density at radius 3 is 2.52 bits per heavy atom. The van der Waals surface area contributed by atoms with Gasteiger partial charge in [0.1, 0.15) is 11.4 Å². The summed E-state index contributed by atoms with van der Waals surface area (Å²) in [5, 5.41) is 11.8. The van der Waals surface area contributed by atoms with Crippen molar-refractivity contribution in [3.05, 3.63) is 47.7 Å². The first-order valence-electron chi connectivity index (χ1n) is 9.30. The minimum atomic E-state index is -4.42. The van der Waals surface area contributed by atoms with Gasteiger partial charge in [0.2, 0.25) is 5.88 Å². The number of anilines is 1. The molecular formula is C20H22F3N3O3. The summed E-state index contributed by atoms with van der Waals surface area (Å²) in [6.45, 7) is 3.02. The van der Waals surface area contributed by atoms with Crippen LogP contribution in [0.5, 0.6) is 11.6 Å². The van der Waals surface area contributed by atoms with E-state index in [0.717, 1.165) is 38.1 Å². The Kier molecular flexibility index (Phi) is 6.26. The van der Waals surface area contributed by atoms with Gasteiger partial charge in [0.15, 0.2) is 0 Å².